The largest absolute Gasteiger partial charge is 0.361 e. The van der Waals surface area contributed by atoms with Crippen LogP contribution in [0.5, 0.6) is 0 Å². The Labute approximate surface area is 110 Å². The highest BCUT2D eigenvalue weighted by atomic mass is 32.2. The Morgan fingerprint density at radius 2 is 2.21 bits per heavy atom. The van der Waals surface area contributed by atoms with Crippen molar-refractivity contribution in [3.63, 3.8) is 0 Å². The molecule has 1 N–H and O–H groups in total. The van der Waals surface area contributed by atoms with Crippen LogP contribution in [0.4, 0.5) is 0 Å². The lowest BCUT2D eigenvalue weighted by Crippen LogP contribution is -2.23. The van der Waals surface area contributed by atoms with Crippen molar-refractivity contribution in [1.29, 1.82) is 5.26 Å². The molecule has 0 fully saturated rings. The lowest BCUT2D eigenvalue weighted by molar-refractivity contribution is 0.390. The van der Waals surface area contributed by atoms with Gasteiger partial charge in [-0.1, -0.05) is 11.2 Å². The number of sulfonamides is 1. The van der Waals surface area contributed by atoms with E-state index in [-0.39, 0.29) is 11.4 Å². The van der Waals surface area contributed by atoms with Gasteiger partial charge in [0.05, 0.1) is 28.8 Å². The zero-order chi connectivity index (χ0) is 13.9. The molecule has 98 valence electrons. The van der Waals surface area contributed by atoms with Gasteiger partial charge in [-0.2, -0.15) is 5.26 Å². The number of nitriles is 1. The standard InChI is InChI=1S/C12H11N3O3S/c1-9-5-11(15-18-9)8-14-19(16,17)12-4-2-3-10(6-12)7-13/h2-6,14H,8H2,1H3. The van der Waals surface area contributed by atoms with Crippen LogP contribution in [0, 0.1) is 18.3 Å². The van der Waals surface area contributed by atoms with Gasteiger partial charge in [-0.05, 0) is 25.1 Å². The highest BCUT2D eigenvalue weighted by molar-refractivity contribution is 7.89. The molecule has 1 aromatic carbocycles. The van der Waals surface area contributed by atoms with Gasteiger partial charge >= 0.3 is 0 Å². The summed E-state index contributed by atoms with van der Waals surface area (Å²) in [4.78, 5) is 0.0479. The molecular formula is C12H11N3O3S. The molecule has 0 amide bonds. The fraction of sp³-hybridized carbons (Fsp3) is 0.167. The van der Waals surface area contributed by atoms with Gasteiger partial charge in [-0.25, -0.2) is 13.1 Å². The second-order valence-electron chi connectivity index (χ2n) is 3.89. The van der Waals surface area contributed by atoms with Crippen LogP contribution < -0.4 is 4.72 Å². The highest BCUT2D eigenvalue weighted by Crippen LogP contribution is 2.11. The average molecular weight is 277 g/mol. The summed E-state index contributed by atoms with van der Waals surface area (Å²) < 4.78 is 31.2. The van der Waals surface area contributed by atoms with E-state index in [4.69, 9.17) is 9.78 Å². The summed E-state index contributed by atoms with van der Waals surface area (Å²) in [7, 11) is -3.66. The molecule has 7 heteroatoms. The fourth-order valence-electron chi connectivity index (χ4n) is 1.49. The number of aryl methyl sites for hydroxylation is 1. The third kappa shape index (κ3) is 3.19. The van der Waals surface area contributed by atoms with E-state index in [9.17, 15) is 8.42 Å². The summed E-state index contributed by atoms with van der Waals surface area (Å²) >= 11 is 0. The van der Waals surface area contributed by atoms with Crippen LogP contribution >= 0.6 is 0 Å². The third-order valence-corrected chi connectivity index (χ3v) is 3.79. The number of hydrogen-bond acceptors (Lipinski definition) is 5. The van der Waals surface area contributed by atoms with Crippen molar-refractivity contribution in [2.24, 2.45) is 0 Å². The molecule has 6 nitrogen and oxygen atoms in total. The second kappa shape index (κ2) is 5.22. The first-order chi connectivity index (χ1) is 9.01. The number of benzene rings is 1. The monoisotopic (exact) mass is 277 g/mol. The van der Waals surface area contributed by atoms with Gasteiger partial charge < -0.3 is 4.52 Å². The Kier molecular flexibility index (Phi) is 3.64. The molecule has 0 unspecified atom stereocenters. The molecule has 0 aliphatic carbocycles. The molecule has 0 aliphatic heterocycles. The first kappa shape index (κ1) is 13.3. The van der Waals surface area contributed by atoms with Crippen molar-refractivity contribution < 1.29 is 12.9 Å². The van der Waals surface area contributed by atoms with Gasteiger partial charge in [0.1, 0.15) is 5.76 Å². The van der Waals surface area contributed by atoms with Crippen LogP contribution in [-0.4, -0.2) is 13.6 Å². The van der Waals surface area contributed by atoms with Crippen LogP contribution in [0.2, 0.25) is 0 Å². The SMILES string of the molecule is Cc1cc(CNS(=O)(=O)c2cccc(C#N)c2)no1. The Morgan fingerprint density at radius 1 is 1.42 bits per heavy atom. The lowest BCUT2D eigenvalue weighted by Gasteiger charge is -2.05. The van der Waals surface area contributed by atoms with E-state index in [1.807, 2.05) is 6.07 Å². The van der Waals surface area contributed by atoms with E-state index in [0.29, 0.717) is 17.0 Å². The molecule has 19 heavy (non-hydrogen) atoms. The lowest BCUT2D eigenvalue weighted by atomic mass is 10.2. The number of rotatable bonds is 4. The van der Waals surface area contributed by atoms with E-state index in [1.54, 1.807) is 19.1 Å². The molecule has 2 aromatic rings. The van der Waals surface area contributed by atoms with E-state index < -0.39 is 10.0 Å². The summed E-state index contributed by atoms with van der Waals surface area (Å²) in [6, 6.07) is 9.35. The van der Waals surface area contributed by atoms with Gasteiger partial charge in [-0.3, -0.25) is 0 Å². The molecule has 0 bridgehead atoms. The van der Waals surface area contributed by atoms with Crippen molar-refractivity contribution in [2.75, 3.05) is 0 Å². The summed E-state index contributed by atoms with van der Waals surface area (Å²) in [5.41, 5.74) is 0.790. The van der Waals surface area contributed by atoms with Gasteiger partial charge in [0.2, 0.25) is 10.0 Å². The Bertz CT molecular complexity index is 729. The fourth-order valence-corrected chi connectivity index (χ4v) is 2.53. The summed E-state index contributed by atoms with van der Waals surface area (Å²) in [6.45, 7) is 1.76. The van der Waals surface area contributed by atoms with Gasteiger partial charge in [0.25, 0.3) is 0 Å². The minimum atomic E-state index is -3.66. The quantitative estimate of drug-likeness (QED) is 0.909. The van der Waals surface area contributed by atoms with Gasteiger partial charge in [0.15, 0.2) is 0 Å². The molecule has 0 aliphatic rings. The maximum absolute atomic E-state index is 12.0. The molecular weight excluding hydrogens is 266 g/mol. The molecule has 0 spiro atoms. The Balaban J connectivity index is 2.16. The normalized spacial score (nSPS) is 11.2. The summed E-state index contributed by atoms with van der Waals surface area (Å²) in [6.07, 6.45) is 0. The van der Waals surface area contributed by atoms with Crippen LogP contribution in [0.25, 0.3) is 0 Å². The second-order valence-corrected chi connectivity index (χ2v) is 5.66. The third-order valence-electron chi connectivity index (χ3n) is 2.39. The summed E-state index contributed by atoms with van der Waals surface area (Å²) in [5.74, 6) is 0.612. The minimum Gasteiger partial charge on any atom is -0.361 e. The van der Waals surface area contributed by atoms with Crippen molar-refractivity contribution in [2.45, 2.75) is 18.4 Å². The van der Waals surface area contributed by atoms with Crippen LogP contribution in [0.1, 0.15) is 17.0 Å². The first-order valence-electron chi connectivity index (χ1n) is 5.43. The van der Waals surface area contributed by atoms with Crippen LogP contribution in [0.15, 0.2) is 39.8 Å². The maximum Gasteiger partial charge on any atom is 0.240 e. The first-order valence-corrected chi connectivity index (χ1v) is 6.91. The van der Waals surface area contributed by atoms with Crippen LogP contribution in [-0.2, 0) is 16.6 Å². The highest BCUT2D eigenvalue weighted by Gasteiger charge is 2.15. The maximum atomic E-state index is 12.0. The number of nitrogens with zero attached hydrogens (tertiary/aromatic N) is 2. The minimum absolute atomic E-state index is 0.0381. The molecule has 0 radical (unpaired) electrons. The van der Waals surface area contributed by atoms with Crippen molar-refractivity contribution >= 4 is 10.0 Å². The van der Waals surface area contributed by atoms with E-state index in [2.05, 4.69) is 9.88 Å². The van der Waals surface area contributed by atoms with E-state index >= 15 is 0 Å². The van der Waals surface area contributed by atoms with Gasteiger partial charge in [0, 0.05) is 6.07 Å². The van der Waals surface area contributed by atoms with Crippen LogP contribution in [0.3, 0.4) is 0 Å². The zero-order valence-corrected chi connectivity index (χ0v) is 10.9. The molecule has 0 saturated heterocycles. The number of nitrogens with one attached hydrogen (secondary N) is 1. The molecule has 2 rings (SSSR count). The average Bonchev–Trinajstić information content (AvgIpc) is 2.82. The predicted octanol–water partition coefficient (Wildman–Crippen LogP) is 1.33. The van der Waals surface area contributed by atoms with Crippen molar-refractivity contribution in [1.82, 2.24) is 9.88 Å². The summed E-state index contributed by atoms with van der Waals surface area (Å²) in [5, 5.41) is 12.4. The topological polar surface area (TPSA) is 96.0 Å². The van der Waals surface area contributed by atoms with E-state index in [0.717, 1.165) is 0 Å². The zero-order valence-electron chi connectivity index (χ0n) is 10.1. The molecule has 1 heterocycles. The van der Waals surface area contributed by atoms with Gasteiger partial charge in [-0.15, -0.1) is 0 Å². The Morgan fingerprint density at radius 3 is 2.84 bits per heavy atom. The number of hydrogen-bond donors (Lipinski definition) is 1. The molecule has 1 aromatic heterocycles. The van der Waals surface area contributed by atoms with Crippen molar-refractivity contribution in [3.05, 3.63) is 47.3 Å². The number of aromatic nitrogens is 1. The molecule has 0 atom stereocenters. The smallest absolute Gasteiger partial charge is 0.240 e. The van der Waals surface area contributed by atoms with Crippen molar-refractivity contribution in [3.8, 4) is 6.07 Å². The Hall–Kier alpha value is -2.17. The predicted molar refractivity (Wildman–Crippen MR) is 66.4 cm³/mol. The molecule has 0 saturated carbocycles. The van der Waals surface area contributed by atoms with E-state index in [1.165, 1.54) is 18.2 Å².